The Morgan fingerprint density at radius 3 is 2.76 bits per heavy atom. The molecule has 3 unspecified atom stereocenters. The molecule has 0 saturated carbocycles. The lowest BCUT2D eigenvalue weighted by molar-refractivity contribution is -0.131. The number of nitrogens with zero attached hydrogens (tertiary/aromatic N) is 2. The maximum Gasteiger partial charge on any atom is 0.225 e. The highest BCUT2D eigenvalue weighted by Crippen LogP contribution is 2.34. The lowest BCUT2D eigenvalue weighted by Crippen LogP contribution is -2.38. The summed E-state index contributed by atoms with van der Waals surface area (Å²) in [4.78, 5) is 17.9. The minimum absolute atomic E-state index is 0.000417. The molecule has 1 saturated heterocycles. The van der Waals surface area contributed by atoms with E-state index in [1.165, 1.54) is 0 Å². The fourth-order valence-electron chi connectivity index (χ4n) is 2.47. The van der Waals surface area contributed by atoms with Gasteiger partial charge in [-0.1, -0.05) is 6.92 Å². The van der Waals surface area contributed by atoms with Gasteiger partial charge in [0.15, 0.2) is 0 Å². The van der Waals surface area contributed by atoms with E-state index in [2.05, 4.69) is 18.8 Å². The average molecular weight is 233 g/mol. The number of hydrogen-bond donors (Lipinski definition) is 1. The van der Waals surface area contributed by atoms with Gasteiger partial charge in [0.25, 0.3) is 0 Å². The van der Waals surface area contributed by atoms with Crippen molar-refractivity contribution in [2.45, 2.75) is 44.8 Å². The van der Waals surface area contributed by atoms with E-state index in [9.17, 15) is 4.79 Å². The van der Waals surface area contributed by atoms with Crippen molar-refractivity contribution in [3.8, 4) is 0 Å². The molecule has 1 aliphatic rings. The van der Waals surface area contributed by atoms with Crippen LogP contribution in [0.2, 0.25) is 0 Å². The van der Waals surface area contributed by atoms with E-state index in [-0.39, 0.29) is 24.0 Å². The standard InChI is InChI=1S/C13H19N3O/c1-3-9(2)16-12(17)8-11(14)13(16)10-4-6-15-7-5-10/h4-7,9,11,13H,3,8,14H2,1-2H3. The van der Waals surface area contributed by atoms with Gasteiger partial charge in [-0.3, -0.25) is 9.78 Å². The zero-order valence-electron chi connectivity index (χ0n) is 10.3. The number of carbonyl (C=O) groups excluding carboxylic acids is 1. The smallest absolute Gasteiger partial charge is 0.225 e. The summed E-state index contributed by atoms with van der Waals surface area (Å²) < 4.78 is 0. The van der Waals surface area contributed by atoms with E-state index in [0.717, 1.165) is 12.0 Å². The van der Waals surface area contributed by atoms with Crippen molar-refractivity contribution in [2.75, 3.05) is 0 Å². The van der Waals surface area contributed by atoms with Gasteiger partial charge >= 0.3 is 0 Å². The third kappa shape index (κ3) is 2.17. The van der Waals surface area contributed by atoms with Gasteiger partial charge in [0, 0.05) is 30.9 Å². The Kier molecular flexibility index (Phi) is 3.43. The van der Waals surface area contributed by atoms with Crippen LogP contribution in [0.25, 0.3) is 0 Å². The number of aromatic nitrogens is 1. The first-order valence-corrected chi connectivity index (χ1v) is 6.11. The topological polar surface area (TPSA) is 59.2 Å². The minimum Gasteiger partial charge on any atom is -0.331 e. The number of likely N-dealkylation sites (tertiary alicyclic amines) is 1. The summed E-state index contributed by atoms with van der Waals surface area (Å²) in [6.45, 7) is 4.16. The Morgan fingerprint density at radius 2 is 2.18 bits per heavy atom. The second kappa shape index (κ2) is 4.84. The zero-order valence-corrected chi connectivity index (χ0v) is 10.3. The molecule has 4 nitrogen and oxygen atoms in total. The normalized spacial score (nSPS) is 26.3. The molecule has 2 N–H and O–H groups in total. The summed E-state index contributed by atoms with van der Waals surface area (Å²) in [5.41, 5.74) is 7.18. The van der Waals surface area contributed by atoms with Crippen LogP contribution in [0.4, 0.5) is 0 Å². The van der Waals surface area contributed by atoms with Crippen LogP contribution in [-0.4, -0.2) is 27.9 Å². The van der Waals surface area contributed by atoms with Crippen LogP contribution < -0.4 is 5.73 Å². The SMILES string of the molecule is CCC(C)N1C(=O)CC(N)C1c1ccncc1. The first-order valence-electron chi connectivity index (χ1n) is 6.11. The second-order valence-corrected chi connectivity index (χ2v) is 4.65. The molecule has 0 aromatic carbocycles. The van der Waals surface area contributed by atoms with Crippen molar-refractivity contribution in [1.82, 2.24) is 9.88 Å². The molecule has 2 heterocycles. The molecule has 0 spiro atoms. The summed E-state index contributed by atoms with van der Waals surface area (Å²) in [5.74, 6) is 0.161. The van der Waals surface area contributed by atoms with E-state index in [1.807, 2.05) is 17.0 Å². The highest BCUT2D eigenvalue weighted by molar-refractivity contribution is 5.80. The number of carbonyl (C=O) groups is 1. The van der Waals surface area contributed by atoms with Gasteiger partial charge in [0.2, 0.25) is 5.91 Å². The minimum atomic E-state index is -0.112. The number of amides is 1. The maximum atomic E-state index is 12.0. The lowest BCUT2D eigenvalue weighted by atomic mass is 10.0. The molecule has 4 heteroatoms. The fraction of sp³-hybridized carbons (Fsp3) is 0.538. The average Bonchev–Trinajstić information content (AvgIpc) is 2.64. The molecule has 1 aliphatic heterocycles. The van der Waals surface area contributed by atoms with Gasteiger partial charge in [-0.2, -0.15) is 0 Å². The molecular formula is C13H19N3O. The molecule has 0 bridgehead atoms. The lowest BCUT2D eigenvalue weighted by Gasteiger charge is -2.32. The fourth-order valence-corrected chi connectivity index (χ4v) is 2.47. The third-order valence-corrected chi connectivity index (χ3v) is 3.52. The van der Waals surface area contributed by atoms with Crippen molar-refractivity contribution in [1.29, 1.82) is 0 Å². The summed E-state index contributed by atoms with van der Waals surface area (Å²) in [7, 11) is 0. The Morgan fingerprint density at radius 1 is 1.53 bits per heavy atom. The van der Waals surface area contributed by atoms with Crippen LogP contribution in [0, 0.1) is 0 Å². The summed E-state index contributed by atoms with van der Waals surface area (Å²) in [6.07, 6.45) is 4.89. The summed E-state index contributed by atoms with van der Waals surface area (Å²) in [6, 6.07) is 4.00. The Labute approximate surface area is 102 Å². The molecule has 1 fully saturated rings. The molecule has 2 rings (SSSR count). The van der Waals surface area contributed by atoms with Crippen molar-refractivity contribution in [3.05, 3.63) is 30.1 Å². The first kappa shape index (κ1) is 12.0. The Balaban J connectivity index is 2.33. The van der Waals surface area contributed by atoms with Gasteiger partial charge in [0.1, 0.15) is 0 Å². The van der Waals surface area contributed by atoms with E-state index in [0.29, 0.717) is 6.42 Å². The highest BCUT2D eigenvalue weighted by Gasteiger charge is 2.40. The molecule has 1 aromatic heterocycles. The van der Waals surface area contributed by atoms with E-state index >= 15 is 0 Å². The van der Waals surface area contributed by atoms with E-state index < -0.39 is 0 Å². The van der Waals surface area contributed by atoms with Gasteiger partial charge in [-0.05, 0) is 31.0 Å². The molecular weight excluding hydrogens is 214 g/mol. The van der Waals surface area contributed by atoms with Gasteiger partial charge in [-0.25, -0.2) is 0 Å². The van der Waals surface area contributed by atoms with Gasteiger partial charge < -0.3 is 10.6 Å². The van der Waals surface area contributed by atoms with Crippen molar-refractivity contribution in [3.63, 3.8) is 0 Å². The van der Waals surface area contributed by atoms with Crippen LogP contribution in [0.5, 0.6) is 0 Å². The quantitative estimate of drug-likeness (QED) is 0.860. The van der Waals surface area contributed by atoms with Crippen LogP contribution in [0.15, 0.2) is 24.5 Å². The zero-order chi connectivity index (χ0) is 12.4. The second-order valence-electron chi connectivity index (χ2n) is 4.65. The predicted molar refractivity (Wildman–Crippen MR) is 66.2 cm³/mol. The molecule has 17 heavy (non-hydrogen) atoms. The number of hydrogen-bond acceptors (Lipinski definition) is 3. The number of nitrogens with two attached hydrogens (primary N) is 1. The summed E-state index contributed by atoms with van der Waals surface area (Å²) in [5, 5.41) is 0. The third-order valence-electron chi connectivity index (χ3n) is 3.52. The molecule has 1 amide bonds. The first-order chi connectivity index (χ1) is 8.15. The molecule has 0 aliphatic carbocycles. The Hall–Kier alpha value is -1.42. The largest absolute Gasteiger partial charge is 0.331 e. The number of rotatable bonds is 3. The van der Waals surface area contributed by atoms with Crippen LogP contribution in [-0.2, 0) is 4.79 Å². The van der Waals surface area contributed by atoms with Crippen LogP contribution in [0.3, 0.4) is 0 Å². The molecule has 92 valence electrons. The van der Waals surface area contributed by atoms with E-state index in [4.69, 9.17) is 5.73 Å². The van der Waals surface area contributed by atoms with Crippen molar-refractivity contribution < 1.29 is 4.79 Å². The molecule has 0 radical (unpaired) electrons. The van der Waals surface area contributed by atoms with Crippen LogP contribution >= 0.6 is 0 Å². The number of pyridine rings is 1. The molecule has 1 aromatic rings. The monoisotopic (exact) mass is 233 g/mol. The predicted octanol–water partition coefficient (Wildman–Crippen LogP) is 1.48. The van der Waals surface area contributed by atoms with E-state index in [1.54, 1.807) is 12.4 Å². The Bertz CT molecular complexity index is 393. The van der Waals surface area contributed by atoms with Gasteiger partial charge in [0.05, 0.1) is 6.04 Å². The molecule has 3 atom stereocenters. The van der Waals surface area contributed by atoms with Crippen LogP contribution in [0.1, 0.15) is 38.3 Å². The highest BCUT2D eigenvalue weighted by atomic mass is 16.2. The van der Waals surface area contributed by atoms with Crippen molar-refractivity contribution >= 4 is 5.91 Å². The van der Waals surface area contributed by atoms with Gasteiger partial charge in [-0.15, -0.1) is 0 Å². The summed E-state index contributed by atoms with van der Waals surface area (Å²) >= 11 is 0. The van der Waals surface area contributed by atoms with Crippen molar-refractivity contribution in [2.24, 2.45) is 5.73 Å². The maximum absolute atomic E-state index is 12.0.